The zero-order valence-electron chi connectivity index (χ0n) is 13.0. The zero-order valence-corrected chi connectivity index (χ0v) is 13.0. The maximum Gasteiger partial charge on any atom is 0.412 e. The number of aliphatic hydroxyl groups excluding tert-OH is 2. The Morgan fingerprint density at radius 1 is 1.46 bits per heavy atom. The highest BCUT2D eigenvalue weighted by Crippen LogP contribution is 2.28. The van der Waals surface area contributed by atoms with Gasteiger partial charge in [-0.2, -0.15) is 4.98 Å². The lowest BCUT2D eigenvalue weighted by Gasteiger charge is -2.17. The van der Waals surface area contributed by atoms with Crippen LogP contribution >= 0.6 is 0 Å². The van der Waals surface area contributed by atoms with E-state index < -0.39 is 48.0 Å². The van der Waals surface area contributed by atoms with Crippen LogP contribution in [0.15, 0.2) is 11.0 Å². The third kappa shape index (κ3) is 3.87. The number of amides is 1. The van der Waals surface area contributed by atoms with Gasteiger partial charge in [0.1, 0.15) is 18.8 Å². The molecule has 0 aromatic carbocycles. The molecule has 2 rings (SSSR count). The highest BCUT2D eigenvalue weighted by molar-refractivity contribution is 5.83. The average Bonchev–Trinajstić information content (AvgIpc) is 2.78. The molecule has 0 radical (unpaired) electrons. The molecule has 0 saturated carbocycles. The van der Waals surface area contributed by atoms with Gasteiger partial charge in [0.05, 0.1) is 18.9 Å². The summed E-state index contributed by atoms with van der Waals surface area (Å²) in [5.74, 6) is -1.66. The highest BCUT2D eigenvalue weighted by Gasteiger charge is 2.42. The van der Waals surface area contributed by atoms with Crippen LogP contribution < -0.4 is 11.0 Å². The lowest BCUT2D eigenvalue weighted by Crippen LogP contribution is -2.36. The summed E-state index contributed by atoms with van der Waals surface area (Å²) in [5, 5.41) is 21.5. The van der Waals surface area contributed by atoms with Crippen LogP contribution in [0.1, 0.15) is 13.2 Å². The van der Waals surface area contributed by atoms with E-state index in [1.54, 1.807) is 0 Å². The fourth-order valence-electron chi connectivity index (χ4n) is 2.12. The van der Waals surface area contributed by atoms with E-state index in [0.29, 0.717) is 4.57 Å². The van der Waals surface area contributed by atoms with E-state index in [2.05, 4.69) is 14.5 Å². The molecular weight excluding hydrogens is 329 g/mol. The predicted octanol–water partition coefficient (Wildman–Crippen LogP) is -0.784. The van der Waals surface area contributed by atoms with Gasteiger partial charge in [0.2, 0.25) is 0 Å². The zero-order chi connectivity index (χ0) is 17.9. The number of hydrogen-bond donors (Lipinski definition) is 3. The van der Waals surface area contributed by atoms with Gasteiger partial charge in [0.25, 0.3) is 0 Å². The molecule has 24 heavy (non-hydrogen) atoms. The predicted molar refractivity (Wildman–Crippen MR) is 76.9 cm³/mol. The maximum absolute atomic E-state index is 14.0. The summed E-state index contributed by atoms with van der Waals surface area (Å²) in [5.41, 5.74) is -0.978. The monoisotopic (exact) mass is 347 g/mol. The fourth-order valence-corrected chi connectivity index (χ4v) is 2.12. The van der Waals surface area contributed by atoms with Crippen LogP contribution in [0.3, 0.4) is 0 Å². The Kier molecular flexibility index (Phi) is 5.83. The van der Waals surface area contributed by atoms with Crippen molar-refractivity contribution in [3.05, 3.63) is 22.5 Å². The first-order valence-corrected chi connectivity index (χ1v) is 7.08. The van der Waals surface area contributed by atoms with Crippen molar-refractivity contribution in [2.45, 2.75) is 31.5 Å². The summed E-state index contributed by atoms with van der Waals surface area (Å²) < 4.78 is 29.3. The number of aromatic nitrogens is 2. The van der Waals surface area contributed by atoms with Crippen LogP contribution in [0.25, 0.3) is 0 Å². The molecule has 1 amide bonds. The molecule has 0 unspecified atom stereocenters. The van der Waals surface area contributed by atoms with Crippen molar-refractivity contribution < 1.29 is 33.6 Å². The van der Waals surface area contributed by atoms with Gasteiger partial charge in [0.15, 0.2) is 17.9 Å². The second-order valence-electron chi connectivity index (χ2n) is 5.09. The number of aliphatic hydroxyl groups is 2. The largest absolute Gasteiger partial charge is 0.447 e. The summed E-state index contributed by atoms with van der Waals surface area (Å²) in [6, 6.07) is 0. The van der Waals surface area contributed by atoms with Crippen molar-refractivity contribution in [2.24, 2.45) is 0 Å². The Balaban J connectivity index is 2.14. The molecule has 11 heteroatoms. The van der Waals surface area contributed by atoms with E-state index in [1.165, 1.54) is 14.0 Å². The minimum atomic E-state index is -1.42. The number of anilines is 1. The topological polar surface area (TPSA) is 132 Å². The van der Waals surface area contributed by atoms with Crippen molar-refractivity contribution in [3.8, 4) is 0 Å². The molecule has 134 valence electrons. The van der Waals surface area contributed by atoms with Gasteiger partial charge in [0, 0.05) is 7.11 Å². The Labute approximate surface area is 135 Å². The minimum Gasteiger partial charge on any atom is -0.447 e. The molecule has 2 heterocycles. The number of nitrogens with one attached hydrogen (secondary N) is 1. The Morgan fingerprint density at radius 2 is 2.17 bits per heavy atom. The van der Waals surface area contributed by atoms with Crippen molar-refractivity contribution in [3.63, 3.8) is 0 Å². The number of nitrogens with zero attached hydrogens (tertiary/aromatic N) is 2. The van der Waals surface area contributed by atoms with E-state index in [1.807, 2.05) is 5.32 Å². The van der Waals surface area contributed by atoms with Crippen LogP contribution in [-0.2, 0) is 14.2 Å². The van der Waals surface area contributed by atoms with Gasteiger partial charge >= 0.3 is 11.8 Å². The lowest BCUT2D eigenvalue weighted by molar-refractivity contribution is -0.0355. The minimum absolute atomic E-state index is 0.0566. The second kappa shape index (κ2) is 7.66. The highest BCUT2D eigenvalue weighted by atomic mass is 19.1. The van der Waals surface area contributed by atoms with Crippen molar-refractivity contribution in [1.82, 2.24) is 9.55 Å². The van der Waals surface area contributed by atoms with E-state index >= 15 is 0 Å². The quantitative estimate of drug-likeness (QED) is 0.591. The van der Waals surface area contributed by atoms with Crippen LogP contribution in [0.5, 0.6) is 0 Å². The number of carbonyl (C=O) groups excluding carboxylic acids is 1. The third-order valence-electron chi connectivity index (χ3n) is 3.40. The number of halogens is 1. The molecule has 1 saturated heterocycles. The first-order chi connectivity index (χ1) is 11.3. The first-order valence-electron chi connectivity index (χ1n) is 7.08. The van der Waals surface area contributed by atoms with Gasteiger partial charge in [-0.25, -0.2) is 14.0 Å². The fraction of sp³-hybridized carbons (Fsp3) is 0.615. The molecule has 1 aliphatic rings. The molecule has 1 aromatic heterocycles. The van der Waals surface area contributed by atoms with Gasteiger partial charge in [-0.15, -0.1) is 0 Å². The molecule has 1 aromatic rings. The molecule has 10 nitrogen and oxygen atoms in total. The first kappa shape index (κ1) is 18.3. The van der Waals surface area contributed by atoms with E-state index in [-0.39, 0.29) is 13.2 Å². The Morgan fingerprint density at radius 3 is 2.75 bits per heavy atom. The molecule has 0 bridgehead atoms. The van der Waals surface area contributed by atoms with E-state index in [9.17, 15) is 24.2 Å². The van der Waals surface area contributed by atoms with Crippen LogP contribution in [-0.4, -0.2) is 64.5 Å². The summed E-state index contributed by atoms with van der Waals surface area (Å²) in [4.78, 5) is 26.8. The normalized spacial score (nSPS) is 26.4. The second-order valence-corrected chi connectivity index (χ2v) is 5.09. The molecule has 0 aliphatic carbocycles. The summed E-state index contributed by atoms with van der Waals surface area (Å²) in [6.07, 6.45) is -4.95. The molecule has 0 spiro atoms. The lowest BCUT2D eigenvalue weighted by atomic mass is 10.1. The van der Waals surface area contributed by atoms with E-state index in [0.717, 1.165) is 6.20 Å². The average molecular weight is 347 g/mol. The van der Waals surface area contributed by atoms with Crippen LogP contribution in [0.2, 0.25) is 0 Å². The van der Waals surface area contributed by atoms with Gasteiger partial charge in [-0.05, 0) is 6.92 Å². The number of rotatable bonds is 5. The maximum atomic E-state index is 14.0. The molecule has 1 aliphatic heterocycles. The van der Waals surface area contributed by atoms with Crippen molar-refractivity contribution >= 4 is 11.9 Å². The number of methoxy groups -OCH3 is 1. The molecule has 1 fully saturated rings. The van der Waals surface area contributed by atoms with Gasteiger partial charge in [-0.1, -0.05) is 0 Å². The van der Waals surface area contributed by atoms with Crippen molar-refractivity contribution in [1.29, 1.82) is 0 Å². The van der Waals surface area contributed by atoms with Crippen molar-refractivity contribution in [2.75, 3.05) is 25.6 Å². The van der Waals surface area contributed by atoms with Crippen LogP contribution in [0.4, 0.5) is 15.0 Å². The summed E-state index contributed by atoms with van der Waals surface area (Å²) in [7, 11) is 1.42. The molecular formula is C13H18FN3O7. The summed E-state index contributed by atoms with van der Waals surface area (Å²) in [6.45, 7) is 1.59. The van der Waals surface area contributed by atoms with Gasteiger partial charge < -0.3 is 24.4 Å². The third-order valence-corrected chi connectivity index (χ3v) is 3.40. The number of hydrogen-bond acceptors (Lipinski definition) is 8. The number of ether oxygens (including phenoxy) is 3. The molecule has 3 N–H and O–H groups in total. The van der Waals surface area contributed by atoms with Gasteiger partial charge in [-0.3, -0.25) is 9.88 Å². The SMILES string of the molecule is COCCOC(=O)Nc1nc(=O)n([C@@H]2O[C@H](C)[C@@H](O)[C@H]2O)cc1F. The standard InChI is InChI=1S/C13H18FN3O7/c1-6-8(18)9(19)11(24-6)17-5-7(14)10(15-12(17)20)16-13(21)23-4-3-22-2/h5-6,8-9,11,18-19H,3-4H2,1-2H3,(H,15,16,20,21)/t6-,8-,9-,11-/m1/s1. The Hall–Kier alpha value is -2.08. The molecule has 4 atom stereocenters. The Bertz CT molecular complexity index is 653. The summed E-state index contributed by atoms with van der Waals surface area (Å²) >= 11 is 0. The smallest absolute Gasteiger partial charge is 0.412 e. The van der Waals surface area contributed by atoms with E-state index in [4.69, 9.17) is 4.74 Å². The van der Waals surface area contributed by atoms with Crippen LogP contribution in [0, 0.1) is 5.82 Å². The number of carbonyl (C=O) groups is 1.